The fraction of sp³-hybridized carbons (Fsp3) is 0.667. The average Bonchev–Trinajstić information content (AvgIpc) is 2.78. The summed E-state index contributed by atoms with van der Waals surface area (Å²) in [6.45, 7) is 4.54. The van der Waals surface area contributed by atoms with Crippen LogP contribution in [-0.4, -0.2) is 62.2 Å². The number of piperidine rings is 1. The number of hydrogen-bond acceptors (Lipinski definition) is 4. The molecular formula is C15H22N4O3. The van der Waals surface area contributed by atoms with Gasteiger partial charge in [0.1, 0.15) is 0 Å². The molecule has 1 atom stereocenters. The SMILES string of the molecule is CC(=O)N1CCCn2nc(C(=O)N3CCC[C@H](O)C3)cc2C1. The van der Waals surface area contributed by atoms with Crippen molar-refractivity contribution in [3.63, 3.8) is 0 Å². The highest BCUT2D eigenvalue weighted by Crippen LogP contribution is 2.17. The Kier molecular flexibility index (Phi) is 4.15. The number of carbonyl (C=O) groups excluding carboxylic acids is 2. The number of aromatic nitrogens is 2. The molecule has 120 valence electrons. The Labute approximate surface area is 129 Å². The molecule has 1 N–H and O–H groups in total. The second-order valence-corrected chi connectivity index (χ2v) is 6.09. The number of aryl methyl sites for hydroxylation is 1. The average molecular weight is 306 g/mol. The van der Waals surface area contributed by atoms with Crippen molar-refractivity contribution in [1.29, 1.82) is 0 Å². The van der Waals surface area contributed by atoms with Crippen LogP contribution in [-0.2, 0) is 17.9 Å². The number of aliphatic hydroxyl groups excluding tert-OH is 1. The van der Waals surface area contributed by atoms with E-state index < -0.39 is 6.10 Å². The summed E-state index contributed by atoms with van der Waals surface area (Å²) in [5, 5.41) is 14.1. The van der Waals surface area contributed by atoms with Crippen molar-refractivity contribution in [2.45, 2.75) is 45.4 Å². The molecule has 2 amide bonds. The lowest BCUT2D eigenvalue weighted by molar-refractivity contribution is -0.129. The number of hydrogen-bond donors (Lipinski definition) is 1. The standard InChI is InChI=1S/C15H22N4O3/c1-11(20)17-6-3-7-19-12(9-17)8-14(16-19)15(22)18-5-2-4-13(21)10-18/h8,13,21H,2-7,9-10H2,1H3/t13-/m0/s1. The summed E-state index contributed by atoms with van der Waals surface area (Å²) >= 11 is 0. The van der Waals surface area contributed by atoms with E-state index in [-0.39, 0.29) is 11.8 Å². The fourth-order valence-electron chi connectivity index (χ4n) is 3.14. The van der Waals surface area contributed by atoms with Crippen molar-refractivity contribution < 1.29 is 14.7 Å². The van der Waals surface area contributed by atoms with E-state index in [1.165, 1.54) is 0 Å². The fourth-order valence-corrected chi connectivity index (χ4v) is 3.14. The van der Waals surface area contributed by atoms with Gasteiger partial charge in [-0.05, 0) is 25.3 Å². The zero-order valence-electron chi connectivity index (χ0n) is 12.9. The summed E-state index contributed by atoms with van der Waals surface area (Å²) in [4.78, 5) is 27.5. The van der Waals surface area contributed by atoms with Crippen LogP contribution < -0.4 is 0 Å². The van der Waals surface area contributed by atoms with Gasteiger partial charge in [0, 0.05) is 33.1 Å². The lowest BCUT2D eigenvalue weighted by Gasteiger charge is -2.29. The van der Waals surface area contributed by atoms with Gasteiger partial charge in [0.2, 0.25) is 5.91 Å². The van der Waals surface area contributed by atoms with Gasteiger partial charge in [-0.3, -0.25) is 14.3 Å². The zero-order valence-corrected chi connectivity index (χ0v) is 12.9. The van der Waals surface area contributed by atoms with Crippen LogP contribution in [0.15, 0.2) is 6.07 Å². The molecule has 1 aromatic heterocycles. The van der Waals surface area contributed by atoms with E-state index >= 15 is 0 Å². The van der Waals surface area contributed by atoms with Gasteiger partial charge < -0.3 is 14.9 Å². The first kappa shape index (κ1) is 15.0. The molecule has 7 heteroatoms. The smallest absolute Gasteiger partial charge is 0.274 e. The van der Waals surface area contributed by atoms with Crippen LogP contribution >= 0.6 is 0 Å². The van der Waals surface area contributed by atoms with Crippen LogP contribution in [0.3, 0.4) is 0 Å². The monoisotopic (exact) mass is 306 g/mol. The number of amides is 2. The van der Waals surface area contributed by atoms with Crippen LogP contribution in [0, 0.1) is 0 Å². The minimum absolute atomic E-state index is 0.0432. The molecule has 0 unspecified atom stereocenters. The van der Waals surface area contributed by atoms with E-state index in [1.54, 1.807) is 22.8 Å². The minimum atomic E-state index is -0.439. The number of β-amino-alcohol motifs (C(OH)–C–C–N with tert-alkyl or cyclic N) is 1. The van der Waals surface area contributed by atoms with Gasteiger partial charge in [0.15, 0.2) is 5.69 Å². The van der Waals surface area contributed by atoms with Crippen LogP contribution in [0.4, 0.5) is 0 Å². The van der Waals surface area contributed by atoms with Gasteiger partial charge in [-0.1, -0.05) is 0 Å². The summed E-state index contributed by atoms with van der Waals surface area (Å²) in [6, 6.07) is 1.78. The molecular weight excluding hydrogens is 284 g/mol. The first-order valence-electron chi connectivity index (χ1n) is 7.84. The van der Waals surface area contributed by atoms with E-state index in [0.717, 1.165) is 38.0 Å². The summed E-state index contributed by atoms with van der Waals surface area (Å²) in [7, 11) is 0. The summed E-state index contributed by atoms with van der Waals surface area (Å²) < 4.78 is 1.83. The van der Waals surface area contributed by atoms with E-state index in [0.29, 0.717) is 25.3 Å². The highest BCUT2D eigenvalue weighted by Gasteiger charge is 2.26. The number of aliphatic hydroxyl groups is 1. The van der Waals surface area contributed by atoms with Gasteiger partial charge in [-0.2, -0.15) is 5.10 Å². The molecule has 0 spiro atoms. The highest BCUT2D eigenvalue weighted by atomic mass is 16.3. The largest absolute Gasteiger partial charge is 0.391 e. The Balaban J connectivity index is 1.77. The molecule has 0 radical (unpaired) electrons. The molecule has 0 aromatic carbocycles. The molecule has 2 aliphatic rings. The summed E-state index contributed by atoms with van der Waals surface area (Å²) in [5.41, 5.74) is 1.31. The molecule has 22 heavy (non-hydrogen) atoms. The maximum atomic E-state index is 12.5. The molecule has 1 aromatic rings. The van der Waals surface area contributed by atoms with Crippen LogP contribution in [0.25, 0.3) is 0 Å². The van der Waals surface area contributed by atoms with Crippen molar-refractivity contribution >= 4 is 11.8 Å². The molecule has 0 bridgehead atoms. The van der Waals surface area contributed by atoms with E-state index in [2.05, 4.69) is 5.10 Å². The first-order valence-corrected chi connectivity index (χ1v) is 7.84. The molecule has 7 nitrogen and oxygen atoms in total. The van der Waals surface area contributed by atoms with Gasteiger partial charge in [-0.15, -0.1) is 0 Å². The molecule has 3 rings (SSSR count). The van der Waals surface area contributed by atoms with Crippen molar-refractivity contribution in [2.75, 3.05) is 19.6 Å². The number of carbonyl (C=O) groups is 2. The van der Waals surface area contributed by atoms with Crippen molar-refractivity contribution in [1.82, 2.24) is 19.6 Å². The highest BCUT2D eigenvalue weighted by molar-refractivity contribution is 5.92. The molecule has 3 heterocycles. The Morgan fingerprint density at radius 1 is 1.23 bits per heavy atom. The van der Waals surface area contributed by atoms with Gasteiger partial charge in [0.05, 0.1) is 18.3 Å². The Morgan fingerprint density at radius 2 is 2.00 bits per heavy atom. The van der Waals surface area contributed by atoms with E-state index in [1.807, 2.05) is 4.68 Å². The lowest BCUT2D eigenvalue weighted by Crippen LogP contribution is -2.42. The number of likely N-dealkylation sites (tertiary alicyclic amines) is 1. The normalized spacial score (nSPS) is 22.2. The van der Waals surface area contributed by atoms with Crippen molar-refractivity contribution in [3.8, 4) is 0 Å². The van der Waals surface area contributed by atoms with Gasteiger partial charge >= 0.3 is 0 Å². The van der Waals surface area contributed by atoms with Gasteiger partial charge in [0.25, 0.3) is 5.91 Å². The summed E-state index contributed by atoms with van der Waals surface area (Å²) in [5.74, 6) is -0.0876. The molecule has 0 saturated carbocycles. The zero-order chi connectivity index (χ0) is 15.7. The first-order chi connectivity index (χ1) is 10.5. The van der Waals surface area contributed by atoms with Crippen molar-refractivity contribution in [2.24, 2.45) is 0 Å². The Morgan fingerprint density at radius 3 is 2.73 bits per heavy atom. The number of fused-ring (bicyclic) bond motifs is 1. The van der Waals surface area contributed by atoms with Crippen molar-refractivity contribution in [3.05, 3.63) is 17.5 Å². The third-order valence-electron chi connectivity index (χ3n) is 4.36. The van der Waals surface area contributed by atoms with Crippen LogP contribution in [0.2, 0.25) is 0 Å². The maximum Gasteiger partial charge on any atom is 0.274 e. The minimum Gasteiger partial charge on any atom is -0.391 e. The molecule has 1 fully saturated rings. The second-order valence-electron chi connectivity index (χ2n) is 6.09. The predicted octanol–water partition coefficient (Wildman–Crippen LogP) is 0.232. The Bertz CT molecular complexity index is 583. The number of rotatable bonds is 1. The Hall–Kier alpha value is -1.89. The molecule has 2 aliphatic heterocycles. The van der Waals surface area contributed by atoms with Gasteiger partial charge in [-0.25, -0.2) is 0 Å². The quantitative estimate of drug-likeness (QED) is 0.806. The molecule has 1 saturated heterocycles. The maximum absolute atomic E-state index is 12.5. The van der Waals surface area contributed by atoms with Crippen LogP contribution in [0.5, 0.6) is 0 Å². The third kappa shape index (κ3) is 2.99. The summed E-state index contributed by atoms with van der Waals surface area (Å²) in [6.07, 6.45) is 1.96. The predicted molar refractivity (Wildman–Crippen MR) is 79.1 cm³/mol. The second kappa shape index (κ2) is 6.08. The molecule has 0 aliphatic carbocycles. The third-order valence-corrected chi connectivity index (χ3v) is 4.36. The lowest BCUT2D eigenvalue weighted by atomic mass is 10.1. The van der Waals surface area contributed by atoms with Crippen LogP contribution in [0.1, 0.15) is 42.4 Å². The topological polar surface area (TPSA) is 78.7 Å². The van der Waals surface area contributed by atoms with E-state index in [9.17, 15) is 14.7 Å². The number of nitrogens with zero attached hydrogens (tertiary/aromatic N) is 4. The van der Waals surface area contributed by atoms with E-state index in [4.69, 9.17) is 0 Å².